The van der Waals surface area contributed by atoms with Gasteiger partial charge in [-0.3, -0.25) is 0 Å². The Morgan fingerprint density at radius 2 is 1.64 bits per heavy atom. The fourth-order valence-corrected chi connectivity index (χ4v) is 0. The zero-order valence-corrected chi connectivity index (χ0v) is 13.9. The molecule has 2 nitrogen and oxygen atoms in total. The molecular formula is C2H6Mo2O2PS4-. The smallest absolute Gasteiger partial charge is 0 e. The van der Waals surface area contributed by atoms with Gasteiger partial charge in [-0.05, 0) is 0 Å². The third-order valence-electron chi connectivity index (χ3n) is 0.0556. The Bertz CT molecular complexity index is 256. The molecule has 0 N–H and O–H groups in total. The number of hydrogen-bond donors (Lipinski definition) is 0. The predicted molar refractivity (Wildman–Crippen MR) is 49.8 cm³/mol. The fraction of sp³-hybridized carbons (Fsp3) is 1.00. The molecule has 0 bridgehead atoms. The summed E-state index contributed by atoms with van der Waals surface area (Å²) in [4.78, 5) is 0. The van der Waals surface area contributed by atoms with Gasteiger partial charge in [0.1, 0.15) is 0 Å². The molecule has 11 heavy (non-hydrogen) atoms. The van der Waals surface area contributed by atoms with E-state index in [1.807, 2.05) is 13.3 Å². The molecule has 0 aromatic carbocycles. The molecule has 0 radical (unpaired) electrons. The number of hydrogen-bond acceptors (Lipinski definition) is 4. The van der Waals surface area contributed by atoms with E-state index in [0.717, 1.165) is 7.51 Å². The molecule has 0 rings (SSSR count). The van der Waals surface area contributed by atoms with Gasteiger partial charge in [-0.25, -0.2) is 0 Å². The standard InChI is InChI=1S/C2H7PS2.2Mo.O2S2/c1-3(2,4)5;;;1-4(2)3/h1-2H3,(H,4,5);;;/p-1. The quantitative estimate of drug-likeness (QED) is 0.330. The molecule has 0 unspecified atom stereocenters. The van der Waals surface area contributed by atoms with E-state index in [1.165, 1.54) is 18.0 Å². The van der Waals surface area contributed by atoms with E-state index in [4.69, 9.17) is 24.1 Å². The van der Waals surface area contributed by atoms with Crippen molar-refractivity contribution in [3.8, 4) is 0 Å². The van der Waals surface area contributed by atoms with Crippen LogP contribution in [0.4, 0.5) is 0 Å². The first-order valence-electron chi connectivity index (χ1n) is 1.93. The summed E-state index contributed by atoms with van der Waals surface area (Å²) in [5.41, 5.74) is 0. The summed E-state index contributed by atoms with van der Waals surface area (Å²) in [6.45, 7) is 3.86. The zero-order valence-electron chi connectivity index (χ0n) is 5.71. The first-order valence-corrected chi connectivity index (χ1v) is 11.4. The molecule has 0 aliphatic rings. The van der Waals surface area contributed by atoms with Crippen molar-refractivity contribution in [3.63, 3.8) is 0 Å². The molecule has 0 fully saturated rings. The summed E-state index contributed by atoms with van der Waals surface area (Å²) in [7, 11) is -1.10. The zero-order chi connectivity index (χ0) is 8.78. The molecule has 0 atom stereocenters. The van der Waals surface area contributed by atoms with Crippen molar-refractivity contribution in [1.82, 2.24) is 0 Å². The molecule has 9 heteroatoms. The van der Waals surface area contributed by atoms with Gasteiger partial charge in [0.2, 0.25) is 0 Å². The van der Waals surface area contributed by atoms with Gasteiger partial charge in [-0.15, -0.1) is 11.8 Å². The van der Waals surface area contributed by atoms with Crippen LogP contribution in [0.3, 0.4) is 0 Å². The van der Waals surface area contributed by atoms with Crippen molar-refractivity contribution in [2.24, 2.45) is 0 Å². The summed E-state index contributed by atoms with van der Waals surface area (Å²) in [5.74, 6) is 0. The molecule has 0 amide bonds. The summed E-state index contributed by atoms with van der Waals surface area (Å²) in [5, 5.41) is -1.22. The van der Waals surface area contributed by atoms with E-state index in [9.17, 15) is 8.42 Å². The third kappa shape index (κ3) is 69.1. The summed E-state index contributed by atoms with van der Waals surface area (Å²) in [6, 6.07) is 0. The fourth-order valence-electron chi connectivity index (χ4n) is 0. The SMILES string of the molecule is CP(C)(=S)[S-].O=S(=O)=[S]=[Mo].[Mo]. The molecule has 0 saturated carbocycles. The Labute approximate surface area is 105 Å². The van der Waals surface area contributed by atoms with Crippen molar-refractivity contribution in [3.05, 3.63) is 0 Å². The molecule has 0 heterocycles. The van der Waals surface area contributed by atoms with Gasteiger partial charge in [0, 0.05) is 21.1 Å². The third-order valence-corrected chi connectivity index (χ3v) is 2.96. The normalized spacial score (nSPS) is 8.27. The van der Waals surface area contributed by atoms with E-state index >= 15 is 0 Å². The summed E-state index contributed by atoms with van der Waals surface area (Å²) in [6.07, 6.45) is 0. The second-order valence-electron chi connectivity index (χ2n) is 1.52. The van der Waals surface area contributed by atoms with E-state index < -0.39 is 14.5 Å². The Kier molecular flexibility index (Phi) is 18.2. The van der Waals surface area contributed by atoms with Crippen LogP contribution in [0.1, 0.15) is 0 Å². The first kappa shape index (κ1) is 19.1. The van der Waals surface area contributed by atoms with Crippen LogP contribution in [0.2, 0.25) is 0 Å². The van der Waals surface area contributed by atoms with Crippen LogP contribution in [-0.4, -0.2) is 21.7 Å². The Balaban J connectivity index is -0.000000107. The van der Waals surface area contributed by atoms with Crippen LogP contribution in [0.25, 0.3) is 0 Å². The maximum atomic E-state index is 9.33. The van der Waals surface area contributed by atoms with Crippen LogP contribution in [0.15, 0.2) is 0 Å². The van der Waals surface area contributed by atoms with E-state index in [-0.39, 0.29) is 21.1 Å². The number of rotatable bonds is 0. The van der Waals surface area contributed by atoms with Crippen molar-refractivity contribution in [1.29, 1.82) is 0 Å². The van der Waals surface area contributed by atoms with Crippen molar-refractivity contribution >= 4 is 46.1 Å². The topological polar surface area (TPSA) is 34.1 Å². The minimum absolute atomic E-state index is 0. The first-order chi connectivity index (χ1) is 4.27. The van der Waals surface area contributed by atoms with E-state index in [1.54, 1.807) is 0 Å². The van der Waals surface area contributed by atoms with Crippen molar-refractivity contribution < 1.29 is 47.5 Å². The van der Waals surface area contributed by atoms with Gasteiger partial charge >= 0.3 is 43.2 Å². The minimum Gasteiger partial charge on any atom is 0 e. The Morgan fingerprint density at radius 3 is 1.64 bits per heavy atom. The van der Waals surface area contributed by atoms with E-state index in [0.29, 0.717) is 0 Å². The van der Waals surface area contributed by atoms with Crippen molar-refractivity contribution in [2.45, 2.75) is 0 Å². The maximum Gasteiger partial charge on any atom is 0 e. The molecule has 0 spiro atoms. The maximum absolute atomic E-state index is 9.33. The summed E-state index contributed by atoms with van der Waals surface area (Å²) >= 11 is 10.9. The second kappa shape index (κ2) is 10.5. The molecule has 0 saturated heterocycles. The van der Waals surface area contributed by atoms with Gasteiger partial charge in [0.15, 0.2) is 0 Å². The monoisotopic (exact) mass is 417 g/mol. The Morgan fingerprint density at radius 1 is 1.55 bits per heavy atom. The Hall–Kier alpha value is 2.42. The molecule has 0 aromatic rings. The van der Waals surface area contributed by atoms with Gasteiger partial charge in [0.05, 0.1) is 0 Å². The van der Waals surface area contributed by atoms with Crippen LogP contribution >= 0.6 is 5.24 Å². The van der Waals surface area contributed by atoms with Crippen LogP contribution in [0, 0.1) is 0 Å². The average molecular weight is 413 g/mol. The molecular weight excluding hydrogens is 407 g/mol. The van der Waals surface area contributed by atoms with Gasteiger partial charge in [-0.1, -0.05) is 13.3 Å². The summed E-state index contributed by atoms with van der Waals surface area (Å²) < 4.78 is 18.7. The van der Waals surface area contributed by atoms with Gasteiger partial charge in [-0.2, -0.15) is 5.24 Å². The minimum atomic E-state index is -1.90. The molecule has 0 aromatic heterocycles. The molecule has 0 aliphatic heterocycles. The van der Waals surface area contributed by atoms with Gasteiger partial charge < -0.3 is 12.2 Å². The molecule has 68 valence electrons. The van der Waals surface area contributed by atoms with Gasteiger partial charge in [0.25, 0.3) is 0 Å². The van der Waals surface area contributed by atoms with E-state index in [2.05, 4.69) is 0 Å². The average Bonchev–Trinajstić information content (AvgIpc) is 1.61. The van der Waals surface area contributed by atoms with Crippen LogP contribution < -0.4 is 0 Å². The largest absolute Gasteiger partial charge is 0 e. The second-order valence-corrected chi connectivity index (χ2v) is 15.0. The molecule has 0 aliphatic carbocycles. The van der Waals surface area contributed by atoms with Crippen molar-refractivity contribution in [2.75, 3.05) is 13.3 Å². The predicted octanol–water partition coefficient (Wildman–Crippen LogP) is 0.510. The van der Waals surface area contributed by atoms with Crippen LogP contribution in [-0.2, 0) is 79.9 Å². The van der Waals surface area contributed by atoms with Crippen LogP contribution in [0.5, 0.6) is 0 Å².